The molecule has 0 spiro atoms. The summed E-state index contributed by atoms with van der Waals surface area (Å²) >= 11 is 7.43. The molecule has 0 fully saturated rings. The second-order valence-corrected chi connectivity index (χ2v) is 9.66. The first-order valence-electron chi connectivity index (χ1n) is 11.4. The number of hydrogen-bond acceptors (Lipinski definition) is 7. The number of hydrogen-bond donors (Lipinski definition) is 5. The molecule has 3 amide bonds. The molecule has 0 unspecified atom stereocenters. The summed E-state index contributed by atoms with van der Waals surface area (Å²) in [6.07, 6.45) is 0. The molecule has 0 saturated carbocycles. The second-order valence-electron chi connectivity index (χ2n) is 8.24. The van der Waals surface area contributed by atoms with Gasteiger partial charge in [0, 0.05) is 39.7 Å². The Balaban J connectivity index is 1.79. The molecule has 8 N–H and O–H groups in total. The van der Waals surface area contributed by atoms with E-state index < -0.39 is 24.3 Å². The Labute approximate surface area is 233 Å². The number of benzene rings is 3. The molecule has 0 radical (unpaired) electrons. The van der Waals surface area contributed by atoms with Crippen LogP contribution in [0.25, 0.3) is 0 Å². The predicted molar refractivity (Wildman–Crippen MR) is 149 cm³/mol. The first-order chi connectivity index (χ1) is 18.5. The molecule has 0 aliphatic heterocycles. The van der Waals surface area contributed by atoms with E-state index in [1.165, 1.54) is 28.6 Å². The van der Waals surface area contributed by atoms with Gasteiger partial charge in [-0.05, 0) is 47.8 Å². The van der Waals surface area contributed by atoms with Crippen LogP contribution in [0.1, 0.15) is 27.0 Å². The van der Waals surface area contributed by atoms with Gasteiger partial charge in [-0.3, -0.25) is 19.8 Å². The zero-order chi connectivity index (χ0) is 28.5. The molecule has 0 heterocycles. The summed E-state index contributed by atoms with van der Waals surface area (Å²) in [5.41, 5.74) is 18.0. The normalized spacial score (nSPS) is 10.5. The smallest absolute Gasteiger partial charge is 0.255 e. The van der Waals surface area contributed by atoms with Gasteiger partial charge in [-0.15, -0.1) is 0 Å². The third-order valence-corrected chi connectivity index (χ3v) is 6.56. The zero-order valence-corrected chi connectivity index (χ0v) is 22.2. The molecule has 10 nitrogen and oxygen atoms in total. The maximum absolute atomic E-state index is 14.1. The number of anilines is 1. The average molecular weight is 573 g/mol. The minimum absolute atomic E-state index is 0.00000571. The lowest BCUT2D eigenvalue weighted by Gasteiger charge is -2.23. The molecule has 3 rings (SSSR count). The van der Waals surface area contributed by atoms with Crippen molar-refractivity contribution in [1.82, 2.24) is 5.32 Å². The van der Waals surface area contributed by atoms with Crippen molar-refractivity contribution in [3.05, 3.63) is 93.8 Å². The maximum atomic E-state index is 14.1. The largest absolute Gasteiger partial charge is 0.483 e. The molecule has 0 aromatic heterocycles. The highest BCUT2D eigenvalue weighted by atomic mass is 35.5. The molecule has 204 valence electrons. The van der Waals surface area contributed by atoms with Gasteiger partial charge in [0.25, 0.3) is 11.8 Å². The lowest BCUT2D eigenvalue weighted by Crippen LogP contribution is -2.29. The van der Waals surface area contributed by atoms with Crippen LogP contribution < -0.4 is 31.6 Å². The number of carbonyl (C=O) groups is 3. The molecule has 0 bridgehead atoms. The summed E-state index contributed by atoms with van der Waals surface area (Å²) in [4.78, 5) is 36.0. The Morgan fingerprint density at radius 2 is 1.72 bits per heavy atom. The Kier molecular flexibility index (Phi) is 10.1. The van der Waals surface area contributed by atoms with Gasteiger partial charge in [-0.1, -0.05) is 41.9 Å². The fourth-order valence-electron chi connectivity index (χ4n) is 3.39. The Morgan fingerprint density at radius 3 is 2.38 bits per heavy atom. The first kappa shape index (κ1) is 29.3. The van der Waals surface area contributed by atoms with Crippen molar-refractivity contribution in [3.63, 3.8) is 0 Å². The highest BCUT2D eigenvalue weighted by Gasteiger charge is 2.17. The van der Waals surface area contributed by atoms with Crippen LogP contribution in [0.15, 0.2) is 60.7 Å². The Bertz CT molecular complexity index is 1410. The van der Waals surface area contributed by atoms with Gasteiger partial charge >= 0.3 is 0 Å². The van der Waals surface area contributed by atoms with Crippen molar-refractivity contribution in [1.29, 1.82) is 5.41 Å². The van der Waals surface area contributed by atoms with E-state index in [0.29, 0.717) is 22.4 Å². The van der Waals surface area contributed by atoms with Gasteiger partial charge < -0.3 is 31.6 Å². The molecular weight excluding hydrogens is 547 g/mol. The summed E-state index contributed by atoms with van der Waals surface area (Å²) in [5.74, 6) is -1.96. The van der Waals surface area contributed by atoms with Crippen LogP contribution in [0.5, 0.6) is 5.75 Å². The molecule has 39 heavy (non-hydrogen) atoms. The second kappa shape index (κ2) is 13.5. The summed E-state index contributed by atoms with van der Waals surface area (Å²) in [7, 11) is 0. The molecule has 13 heteroatoms. The van der Waals surface area contributed by atoms with Crippen molar-refractivity contribution >= 4 is 52.8 Å². The van der Waals surface area contributed by atoms with E-state index in [4.69, 9.17) is 38.9 Å². The lowest BCUT2D eigenvalue weighted by atomic mass is 10.1. The Morgan fingerprint density at radius 1 is 0.974 bits per heavy atom. The van der Waals surface area contributed by atoms with Crippen molar-refractivity contribution < 1.29 is 23.5 Å². The number of halogens is 2. The van der Waals surface area contributed by atoms with E-state index >= 15 is 0 Å². The number of amides is 3. The van der Waals surface area contributed by atoms with Gasteiger partial charge in [-0.25, -0.2) is 4.39 Å². The zero-order valence-electron chi connectivity index (χ0n) is 20.6. The molecule has 0 aliphatic rings. The highest BCUT2D eigenvalue weighted by molar-refractivity contribution is 7.99. The molecule has 0 saturated heterocycles. The van der Waals surface area contributed by atoms with Gasteiger partial charge in [0.2, 0.25) is 5.91 Å². The fraction of sp³-hybridized carbons (Fsp3) is 0.154. The first-order valence-corrected chi connectivity index (χ1v) is 12.7. The number of nitrogens with zero attached hydrogens (tertiary/aromatic N) is 1. The standard InChI is InChI=1S/C26H26ClFN6O4S/c27-19-7-18(8-20(10-19)34(12-23(29)35)39-14-17-3-1-2-4-21(17)28)26(37)33-11-16-6-5-15(25(31)32)9-22(16)38-13-24(30)36/h1-10H,11-14H2,(H2,29,35)(H2,30,36)(H3,31,32)(H,33,37). The number of nitrogens with one attached hydrogen (secondary N) is 2. The van der Waals surface area contributed by atoms with E-state index in [0.717, 1.165) is 11.9 Å². The molecule has 3 aromatic rings. The monoisotopic (exact) mass is 572 g/mol. The number of primary amides is 2. The highest BCUT2D eigenvalue weighted by Crippen LogP contribution is 2.30. The third-order valence-electron chi connectivity index (χ3n) is 5.25. The van der Waals surface area contributed by atoms with E-state index in [-0.39, 0.29) is 46.8 Å². The third kappa shape index (κ3) is 8.62. The van der Waals surface area contributed by atoms with Crippen LogP contribution >= 0.6 is 23.5 Å². The van der Waals surface area contributed by atoms with Crippen molar-refractivity contribution in [2.45, 2.75) is 12.3 Å². The lowest BCUT2D eigenvalue weighted by molar-refractivity contribution is -0.120. The number of amidine groups is 1. The van der Waals surface area contributed by atoms with Gasteiger partial charge in [-0.2, -0.15) is 0 Å². The topological polar surface area (TPSA) is 178 Å². The SMILES string of the molecule is N=C(N)c1ccc(CNC(=O)c2cc(Cl)cc(N(CC(N)=O)SCc3ccccc3F)c2)c(OCC(N)=O)c1. The number of nitrogen functional groups attached to an aromatic ring is 1. The number of ether oxygens (including phenoxy) is 1. The van der Waals surface area contributed by atoms with E-state index in [1.54, 1.807) is 36.4 Å². The Hall–Kier alpha value is -4.29. The molecule has 3 aromatic carbocycles. The predicted octanol–water partition coefficient (Wildman–Crippen LogP) is 2.70. The van der Waals surface area contributed by atoms with Crippen LogP contribution in [0.3, 0.4) is 0 Å². The summed E-state index contributed by atoms with van der Waals surface area (Å²) < 4.78 is 21.1. The molecule has 0 aliphatic carbocycles. The van der Waals surface area contributed by atoms with Crippen molar-refractivity contribution in [2.24, 2.45) is 17.2 Å². The minimum Gasteiger partial charge on any atom is -0.483 e. The number of rotatable bonds is 13. The summed E-state index contributed by atoms with van der Waals surface area (Å²) in [6.45, 7) is -0.607. The van der Waals surface area contributed by atoms with Gasteiger partial charge in [0.05, 0.1) is 0 Å². The summed E-state index contributed by atoms with van der Waals surface area (Å²) in [5, 5.41) is 10.6. The van der Waals surface area contributed by atoms with Gasteiger partial charge in [0.1, 0.15) is 23.9 Å². The van der Waals surface area contributed by atoms with Crippen molar-refractivity contribution in [3.8, 4) is 5.75 Å². The van der Waals surface area contributed by atoms with Crippen LogP contribution in [0.2, 0.25) is 5.02 Å². The van der Waals surface area contributed by atoms with Crippen LogP contribution in [-0.4, -0.2) is 36.7 Å². The van der Waals surface area contributed by atoms with Gasteiger partial charge in [0.15, 0.2) is 6.61 Å². The fourth-order valence-corrected chi connectivity index (χ4v) is 4.63. The van der Waals surface area contributed by atoms with E-state index in [1.807, 2.05) is 0 Å². The summed E-state index contributed by atoms with van der Waals surface area (Å²) in [6, 6.07) is 15.5. The maximum Gasteiger partial charge on any atom is 0.255 e. The minimum atomic E-state index is -0.696. The van der Waals surface area contributed by atoms with E-state index in [9.17, 15) is 18.8 Å². The van der Waals surface area contributed by atoms with E-state index in [2.05, 4.69) is 5.32 Å². The van der Waals surface area contributed by atoms with Crippen LogP contribution in [0.4, 0.5) is 10.1 Å². The van der Waals surface area contributed by atoms with Crippen molar-refractivity contribution in [2.75, 3.05) is 17.5 Å². The quantitative estimate of drug-likeness (QED) is 0.119. The van der Waals surface area contributed by atoms with Crippen LogP contribution in [0, 0.1) is 11.2 Å². The molecular formula is C26H26ClFN6O4S. The average Bonchev–Trinajstić information content (AvgIpc) is 2.88. The van der Waals surface area contributed by atoms with Crippen LogP contribution in [-0.2, 0) is 21.9 Å². The number of carbonyl (C=O) groups excluding carboxylic acids is 3. The molecule has 0 atom stereocenters. The number of nitrogens with two attached hydrogens (primary N) is 3.